The smallest absolute Gasteiger partial charge is 0.267 e. The van der Waals surface area contributed by atoms with Crippen molar-refractivity contribution in [2.45, 2.75) is 6.92 Å². The van der Waals surface area contributed by atoms with E-state index in [4.69, 9.17) is 0 Å². The maximum atomic E-state index is 11.5. The summed E-state index contributed by atoms with van der Waals surface area (Å²) in [5.74, 6) is 0. The fourth-order valence-corrected chi connectivity index (χ4v) is 1.29. The number of aryl methyl sites for hydroxylation is 2. The van der Waals surface area contributed by atoms with Gasteiger partial charge in [-0.2, -0.15) is 0 Å². The number of rotatable bonds is 0. The van der Waals surface area contributed by atoms with E-state index >= 15 is 0 Å². The first-order valence-corrected chi connectivity index (χ1v) is 3.99. The first-order valence-electron chi connectivity index (χ1n) is 3.99. The third kappa shape index (κ3) is 1.11. The van der Waals surface area contributed by atoms with Gasteiger partial charge in [0, 0.05) is 7.05 Å². The number of benzene rings is 1. The number of aromatic nitrogens is 3. The van der Waals surface area contributed by atoms with E-state index in [1.165, 1.54) is 4.68 Å². The van der Waals surface area contributed by atoms with Crippen LogP contribution in [-0.2, 0) is 7.05 Å². The third-order valence-corrected chi connectivity index (χ3v) is 2.04. The molecule has 1 aromatic heterocycles. The second-order valence-corrected chi connectivity index (χ2v) is 2.99. The molecular formula is C9H9N3O. The van der Waals surface area contributed by atoms with E-state index in [9.17, 15) is 4.79 Å². The van der Waals surface area contributed by atoms with Crippen molar-refractivity contribution in [3.05, 3.63) is 34.1 Å². The van der Waals surface area contributed by atoms with Gasteiger partial charge >= 0.3 is 0 Å². The van der Waals surface area contributed by atoms with Crippen LogP contribution in [0.2, 0.25) is 0 Å². The Bertz CT molecular complexity index is 516. The monoisotopic (exact) mass is 175 g/mol. The molecule has 1 aromatic carbocycles. The Hall–Kier alpha value is -1.71. The van der Waals surface area contributed by atoms with Crippen LogP contribution in [-0.4, -0.2) is 15.0 Å². The second-order valence-electron chi connectivity index (χ2n) is 2.99. The number of hydrogen-bond acceptors (Lipinski definition) is 3. The molecule has 0 atom stereocenters. The van der Waals surface area contributed by atoms with Gasteiger partial charge in [-0.25, -0.2) is 4.68 Å². The van der Waals surface area contributed by atoms with Gasteiger partial charge in [0.1, 0.15) is 5.52 Å². The van der Waals surface area contributed by atoms with Crippen molar-refractivity contribution in [3.63, 3.8) is 0 Å². The first-order chi connectivity index (χ1) is 6.20. The van der Waals surface area contributed by atoms with E-state index in [0.717, 1.165) is 5.56 Å². The molecule has 0 amide bonds. The van der Waals surface area contributed by atoms with Gasteiger partial charge in [-0.05, 0) is 18.6 Å². The van der Waals surface area contributed by atoms with E-state index < -0.39 is 0 Å². The quantitative estimate of drug-likeness (QED) is 0.590. The zero-order chi connectivity index (χ0) is 9.42. The number of fused-ring (bicyclic) bond motifs is 1. The molecule has 0 radical (unpaired) electrons. The highest BCUT2D eigenvalue weighted by Gasteiger charge is 2.03. The van der Waals surface area contributed by atoms with Crippen molar-refractivity contribution in [3.8, 4) is 0 Å². The molecule has 4 nitrogen and oxygen atoms in total. The van der Waals surface area contributed by atoms with Gasteiger partial charge in [0.25, 0.3) is 5.56 Å². The topological polar surface area (TPSA) is 47.8 Å². The predicted molar refractivity (Wildman–Crippen MR) is 49.5 cm³/mol. The summed E-state index contributed by atoms with van der Waals surface area (Å²) >= 11 is 0. The Labute approximate surface area is 74.8 Å². The fraction of sp³-hybridized carbons (Fsp3) is 0.222. The van der Waals surface area contributed by atoms with Crippen LogP contribution >= 0.6 is 0 Å². The minimum absolute atomic E-state index is 0.103. The van der Waals surface area contributed by atoms with Gasteiger partial charge < -0.3 is 0 Å². The molecule has 0 aliphatic heterocycles. The Kier molecular flexibility index (Phi) is 1.62. The maximum absolute atomic E-state index is 11.5. The molecule has 2 rings (SSSR count). The van der Waals surface area contributed by atoms with Gasteiger partial charge in [-0.15, -0.1) is 5.10 Å². The van der Waals surface area contributed by atoms with Gasteiger partial charge in [0.2, 0.25) is 0 Å². The molecule has 0 unspecified atom stereocenters. The van der Waals surface area contributed by atoms with Crippen LogP contribution in [0.25, 0.3) is 10.9 Å². The molecule has 0 aliphatic rings. The maximum Gasteiger partial charge on any atom is 0.277 e. The zero-order valence-electron chi connectivity index (χ0n) is 7.48. The van der Waals surface area contributed by atoms with Crippen LogP contribution < -0.4 is 5.56 Å². The lowest BCUT2D eigenvalue weighted by atomic mass is 10.1. The van der Waals surface area contributed by atoms with E-state index in [2.05, 4.69) is 10.3 Å². The summed E-state index contributed by atoms with van der Waals surface area (Å²) in [4.78, 5) is 11.5. The van der Waals surface area contributed by atoms with Crippen molar-refractivity contribution < 1.29 is 0 Å². The minimum atomic E-state index is -0.103. The van der Waals surface area contributed by atoms with Gasteiger partial charge in [-0.3, -0.25) is 4.79 Å². The highest BCUT2D eigenvalue weighted by atomic mass is 16.1. The normalized spacial score (nSPS) is 10.6. The molecule has 0 aliphatic carbocycles. The summed E-state index contributed by atoms with van der Waals surface area (Å²) in [5, 5.41) is 8.30. The Morgan fingerprint density at radius 1 is 1.38 bits per heavy atom. The summed E-state index contributed by atoms with van der Waals surface area (Å²) in [6.45, 7) is 1.91. The zero-order valence-corrected chi connectivity index (χ0v) is 7.48. The lowest BCUT2D eigenvalue weighted by molar-refractivity contribution is 0.656. The van der Waals surface area contributed by atoms with Crippen molar-refractivity contribution in [2.24, 2.45) is 7.05 Å². The highest BCUT2D eigenvalue weighted by Crippen LogP contribution is 2.09. The average Bonchev–Trinajstić information content (AvgIpc) is 2.12. The van der Waals surface area contributed by atoms with Crippen LogP contribution in [0.3, 0.4) is 0 Å². The van der Waals surface area contributed by atoms with Crippen molar-refractivity contribution in [1.82, 2.24) is 15.0 Å². The average molecular weight is 175 g/mol. The van der Waals surface area contributed by atoms with Crippen molar-refractivity contribution in [2.75, 3.05) is 0 Å². The van der Waals surface area contributed by atoms with Crippen molar-refractivity contribution >= 4 is 10.9 Å². The van der Waals surface area contributed by atoms with E-state index in [1.54, 1.807) is 13.1 Å². The van der Waals surface area contributed by atoms with Crippen LogP contribution in [0.15, 0.2) is 23.0 Å². The molecule has 4 heteroatoms. The molecule has 1 heterocycles. The Balaban J connectivity index is 3.03. The van der Waals surface area contributed by atoms with Crippen LogP contribution in [0.1, 0.15) is 5.56 Å². The SMILES string of the molecule is Cc1cccc2c(=O)n(C)nnc12. The molecule has 0 saturated heterocycles. The van der Waals surface area contributed by atoms with E-state index in [1.807, 2.05) is 19.1 Å². The second kappa shape index (κ2) is 2.65. The molecule has 66 valence electrons. The largest absolute Gasteiger partial charge is 0.277 e. The molecule has 0 N–H and O–H groups in total. The molecule has 0 spiro atoms. The van der Waals surface area contributed by atoms with Gasteiger partial charge in [0.15, 0.2) is 0 Å². The number of nitrogens with zero attached hydrogens (tertiary/aromatic N) is 3. The Morgan fingerprint density at radius 3 is 2.92 bits per heavy atom. The molecule has 0 saturated carbocycles. The van der Waals surface area contributed by atoms with Gasteiger partial charge in [-0.1, -0.05) is 17.3 Å². The van der Waals surface area contributed by atoms with Crippen LogP contribution in [0, 0.1) is 6.92 Å². The number of hydrogen-bond donors (Lipinski definition) is 0. The van der Waals surface area contributed by atoms with Crippen LogP contribution in [0.4, 0.5) is 0 Å². The summed E-state index contributed by atoms with van der Waals surface area (Å²) in [5.41, 5.74) is 1.56. The Morgan fingerprint density at radius 2 is 2.15 bits per heavy atom. The van der Waals surface area contributed by atoms with E-state index in [-0.39, 0.29) is 5.56 Å². The van der Waals surface area contributed by atoms with Crippen LogP contribution in [0.5, 0.6) is 0 Å². The summed E-state index contributed by atoms with van der Waals surface area (Å²) in [6.07, 6.45) is 0. The molecule has 0 fully saturated rings. The highest BCUT2D eigenvalue weighted by molar-refractivity contribution is 5.79. The summed E-state index contributed by atoms with van der Waals surface area (Å²) in [7, 11) is 1.59. The van der Waals surface area contributed by atoms with Gasteiger partial charge in [0.05, 0.1) is 5.39 Å². The van der Waals surface area contributed by atoms with Crippen molar-refractivity contribution in [1.29, 1.82) is 0 Å². The molecule has 2 aromatic rings. The fourth-order valence-electron chi connectivity index (χ4n) is 1.29. The molecular weight excluding hydrogens is 166 g/mol. The lowest BCUT2D eigenvalue weighted by Gasteiger charge is -2.00. The van der Waals surface area contributed by atoms with E-state index in [0.29, 0.717) is 10.9 Å². The first kappa shape index (κ1) is 7.91. The summed E-state index contributed by atoms with van der Waals surface area (Å²) < 4.78 is 1.24. The summed E-state index contributed by atoms with van der Waals surface area (Å²) in [6, 6.07) is 5.52. The lowest BCUT2D eigenvalue weighted by Crippen LogP contribution is -2.20. The predicted octanol–water partition coefficient (Wildman–Crippen LogP) is 0.637. The molecule has 13 heavy (non-hydrogen) atoms. The minimum Gasteiger partial charge on any atom is -0.267 e. The molecule has 0 bridgehead atoms. The standard InChI is InChI=1S/C9H9N3O/c1-6-4-3-5-7-8(6)10-11-12(2)9(7)13/h3-5H,1-2H3. The third-order valence-electron chi connectivity index (χ3n) is 2.04.